The Kier molecular flexibility index (Phi) is 8.43. The van der Waals surface area contributed by atoms with Gasteiger partial charge < -0.3 is 9.80 Å². The zero-order valence-corrected chi connectivity index (χ0v) is 11.6. The van der Waals surface area contributed by atoms with Crippen LogP contribution in [0.25, 0.3) is 0 Å². The summed E-state index contributed by atoms with van der Waals surface area (Å²) in [5.41, 5.74) is 0. The molecule has 1 amide bonds. The molecular formula is C13H25N3O. The highest BCUT2D eigenvalue weighted by molar-refractivity contribution is 5.76. The second-order valence-electron chi connectivity index (χ2n) is 4.75. The van der Waals surface area contributed by atoms with Gasteiger partial charge in [-0.2, -0.15) is 5.26 Å². The summed E-state index contributed by atoms with van der Waals surface area (Å²) < 4.78 is 0. The zero-order chi connectivity index (χ0) is 13.3. The minimum absolute atomic E-state index is 0.122. The van der Waals surface area contributed by atoms with E-state index < -0.39 is 0 Å². The molecule has 0 aromatic heterocycles. The molecule has 17 heavy (non-hydrogen) atoms. The lowest BCUT2D eigenvalue weighted by Gasteiger charge is -2.22. The van der Waals surface area contributed by atoms with Gasteiger partial charge in [0.2, 0.25) is 5.91 Å². The second kappa shape index (κ2) is 9.00. The van der Waals surface area contributed by atoms with Crippen LogP contribution in [-0.2, 0) is 4.79 Å². The molecule has 0 heterocycles. The molecule has 0 radical (unpaired) electrons. The maximum atomic E-state index is 11.7. The van der Waals surface area contributed by atoms with E-state index in [0.717, 1.165) is 13.1 Å². The maximum Gasteiger partial charge on any atom is 0.223 e. The van der Waals surface area contributed by atoms with Crippen molar-refractivity contribution in [2.24, 2.45) is 5.92 Å². The molecule has 0 aromatic carbocycles. The molecule has 1 unspecified atom stereocenters. The number of carbonyl (C=O) groups excluding carboxylic acids is 1. The van der Waals surface area contributed by atoms with Crippen LogP contribution < -0.4 is 0 Å². The Hall–Kier alpha value is -1.08. The van der Waals surface area contributed by atoms with E-state index >= 15 is 0 Å². The molecule has 0 N–H and O–H groups in total. The number of hydrogen-bond acceptors (Lipinski definition) is 3. The minimum Gasteiger partial charge on any atom is -0.345 e. The predicted molar refractivity (Wildman–Crippen MR) is 69.4 cm³/mol. The lowest BCUT2D eigenvalue weighted by atomic mass is 10.1. The third-order valence-corrected chi connectivity index (χ3v) is 3.01. The topological polar surface area (TPSA) is 47.3 Å². The summed E-state index contributed by atoms with van der Waals surface area (Å²) in [6, 6.07) is 2.05. The Morgan fingerprint density at radius 1 is 1.35 bits per heavy atom. The van der Waals surface area contributed by atoms with Gasteiger partial charge >= 0.3 is 0 Å². The van der Waals surface area contributed by atoms with E-state index in [9.17, 15) is 4.79 Å². The molecule has 0 aliphatic heterocycles. The van der Waals surface area contributed by atoms with Crippen LogP contribution in [0.1, 0.15) is 33.1 Å². The van der Waals surface area contributed by atoms with Gasteiger partial charge in [0.25, 0.3) is 0 Å². The van der Waals surface area contributed by atoms with Crippen molar-refractivity contribution in [3.63, 3.8) is 0 Å². The summed E-state index contributed by atoms with van der Waals surface area (Å²) in [6.07, 6.45) is 2.11. The lowest BCUT2D eigenvalue weighted by Crippen LogP contribution is -2.32. The van der Waals surface area contributed by atoms with Crippen LogP contribution >= 0.6 is 0 Å². The lowest BCUT2D eigenvalue weighted by molar-refractivity contribution is -0.130. The van der Waals surface area contributed by atoms with E-state index in [1.165, 1.54) is 6.42 Å². The van der Waals surface area contributed by atoms with Crippen LogP contribution in [-0.4, -0.2) is 49.4 Å². The van der Waals surface area contributed by atoms with E-state index in [2.05, 4.69) is 25.8 Å². The highest BCUT2D eigenvalue weighted by Crippen LogP contribution is 2.03. The third kappa shape index (κ3) is 7.76. The first-order valence-corrected chi connectivity index (χ1v) is 6.30. The van der Waals surface area contributed by atoms with Crippen LogP contribution in [0.3, 0.4) is 0 Å². The molecule has 0 saturated heterocycles. The van der Waals surface area contributed by atoms with Gasteiger partial charge in [-0.05, 0) is 13.0 Å². The fraction of sp³-hybridized carbons (Fsp3) is 0.846. The van der Waals surface area contributed by atoms with Crippen LogP contribution in [0.4, 0.5) is 0 Å². The number of amides is 1. The Labute approximate surface area is 105 Å². The van der Waals surface area contributed by atoms with Gasteiger partial charge in [0.05, 0.1) is 12.5 Å². The molecule has 0 aromatic rings. The van der Waals surface area contributed by atoms with Crippen molar-refractivity contribution < 1.29 is 4.79 Å². The van der Waals surface area contributed by atoms with E-state index in [-0.39, 0.29) is 5.91 Å². The zero-order valence-electron chi connectivity index (χ0n) is 11.6. The second-order valence-corrected chi connectivity index (χ2v) is 4.75. The third-order valence-electron chi connectivity index (χ3n) is 3.01. The molecule has 98 valence electrons. The number of hydrogen-bond donors (Lipinski definition) is 0. The van der Waals surface area contributed by atoms with E-state index in [0.29, 0.717) is 25.3 Å². The Balaban J connectivity index is 3.79. The average Bonchev–Trinajstić information content (AvgIpc) is 2.32. The smallest absolute Gasteiger partial charge is 0.223 e. The Morgan fingerprint density at radius 2 is 2.00 bits per heavy atom. The first-order chi connectivity index (χ1) is 8.01. The van der Waals surface area contributed by atoms with Gasteiger partial charge in [-0.25, -0.2) is 0 Å². The van der Waals surface area contributed by atoms with Gasteiger partial charge in [-0.15, -0.1) is 0 Å². The van der Waals surface area contributed by atoms with Crippen LogP contribution in [0.2, 0.25) is 0 Å². The largest absolute Gasteiger partial charge is 0.345 e. The number of nitriles is 1. The molecule has 0 spiro atoms. The highest BCUT2D eigenvalue weighted by Gasteiger charge is 2.10. The van der Waals surface area contributed by atoms with Gasteiger partial charge in [-0.3, -0.25) is 4.79 Å². The monoisotopic (exact) mass is 239 g/mol. The molecule has 0 aliphatic carbocycles. The summed E-state index contributed by atoms with van der Waals surface area (Å²) in [4.78, 5) is 15.5. The molecule has 0 fully saturated rings. The highest BCUT2D eigenvalue weighted by atomic mass is 16.2. The van der Waals surface area contributed by atoms with Crippen molar-refractivity contribution in [1.29, 1.82) is 5.26 Å². The van der Waals surface area contributed by atoms with Crippen molar-refractivity contribution >= 4 is 5.91 Å². The molecular weight excluding hydrogens is 214 g/mol. The molecule has 4 nitrogen and oxygen atoms in total. The number of nitrogens with zero attached hydrogens (tertiary/aromatic N) is 3. The molecule has 4 heteroatoms. The molecule has 0 aliphatic rings. The Morgan fingerprint density at radius 3 is 2.53 bits per heavy atom. The van der Waals surface area contributed by atoms with Crippen molar-refractivity contribution in [3.05, 3.63) is 0 Å². The van der Waals surface area contributed by atoms with Crippen molar-refractivity contribution in [1.82, 2.24) is 9.80 Å². The number of carbonyl (C=O) groups is 1. The van der Waals surface area contributed by atoms with Gasteiger partial charge in [0.1, 0.15) is 0 Å². The fourth-order valence-corrected chi connectivity index (χ4v) is 1.57. The maximum absolute atomic E-state index is 11.7. The summed E-state index contributed by atoms with van der Waals surface area (Å²) in [5.74, 6) is 0.794. The van der Waals surface area contributed by atoms with Crippen molar-refractivity contribution in [3.8, 4) is 6.07 Å². The fourth-order valence-electron chi connectivity index (χ4n) is 1.57. The van der Waals surface area contributed by atoms with Gasteiger partial charge in [0.15, 0.2) is 0 Å². The molecule has 0 bridgehead atoms. The summed E-state index contributed by atoms with van der Waals surface area (Å²) >= 11 is 0. The van der Waals surface area contributed by atoms with Crippen LogP contribution in [0.5, 0.6) is 0 Å². The first-order valence-electron chi connectivity index (χ1n) is 6.30. The standard InChI is InChI=1S/C13H25N3O/c1-5-12(2)11-15(3)10-7-13(17)16(4)9-6-8-14/h12H,5-7,9-11H2,1-4H3. The van der Waals surface area contributed by atoms with E-state index in [4.69, 9.17) is 5.26 Å². The van der Waals surface area contributed by atoms with Crippen molar-refractivity contribution in [2.75, 3.05) is 33.7 Å². The molecule has 1 atom stereocenters. The molecule has 0 saturated carbocycles. The normalized spacial score (nSPS) is 12.2. The van der Waals surface area contributed by atoms with Crippen molar-refractivity contribution in [2.45, 2.75) is 33.1 Å². The summed E-state index contributed by atoms with van der Waals surface area (Å²) in [7, 11) is 3.81. The first kappa shape index (κ1) is 15.9. The van der Waals surface area contributed by atoms with Gasteiger partial charge in [0, 0.05) is 33.1 Å². The Bertz CT molecular complexity index is 260. The number of rotatable bonds is 8. The quantitative estimate of drug-likeness (QED) is 0.648. The van der Waals surface area contributed by atoms with E-state index in [1.807, 2.05) is 6.07 Å². The predicted octanol–water partition coefficient (Wildman–Crippen LogP) is 1.73. The summed E-state index contributed by atoms with van der Waals surface area (Å²) in [5, 5.41) is 8.45. The summed E-state index contributed by atoms with van der Waals surface area (Å²) in [6.45, 7) is 6.76. The van der Waals surface area contributed by atoms with Crippen LogP contribution in [0.15, 0.2) is 0 Å². The van der Waals surface area contributed by atoms with Gasteiger partial charge in [-0.1, -0.05) is 20.3 Å². The minimum atomic E-state index is 0.122. The van der Waals surface area contributed by atoms with E-state index in [1.54, 1.807) is 11.9 Å². The SMILES string of the molecule is CCC(C)CN(C)CCC(=O)N(C)CCC#N. The molecule has 0 rings (SSSR count). The average molecular weight is 239 g/mol. The van der Waals surface area contributed by atoms with Crippen LogP contribution in [0, 0.1) is 17.2 Å².